The van der Waals surface area contributed by atoms with Crippen LogP contribution in [0.4, 0.5) is 0 Å². The van der Waals surface area contributed by atoms with Crippen molar-refractivity contribution in [2.45, 2.75) is 46.0 Å². The van der Waals surface area contributed by atoms with Gasteiger partial charge in [0.15, 0.2) is 0 Å². The number of rotatable bonds is 4. The van der Waals surface area contributed by atoms with Gasteiger partial charge >= 0.3 is 0 Å². The number of imidazole rings is 1. The molecule has 1 rings (SSSR count). The molecule has 1 N–H and O–H groups in total. The first kappa shape index (κ1) is 12.2. The van der Waals surface area contributed by atoms with Crippen molar-refractivity contribution in [2.75, 3.05) is 0 Å². The molecular formula is C11H23N2+. The lowest BCUT2D eigenvalue weighted by molar-refractivity contribution is -0.670. The Morgan fingerprint density at radius 2 is 1.69 bits per heavy atom. The monoisotopic (exact) mass is 183 g/mol. The van der Waals surface area contributed by atoms with Gasteiger partial charge in [0.1, 0.15) is 12.4 Å². The number of nitrogens with one attached hydrogen (secondary N) is 1. The predicted molar refractivity (Wildman–Crippen MR) is 56.4 cm³/mol. The van der Waals surface area contributed by atoms with Crippen LogP contribution in [0.5, 0.6) is 0 Å². The molecule has 76 valence electrons. The zero-order valence-electron chi connectivity index (χ0n) is 9.21. The summed E-state index contributed by atoms with van der Waals surface area (Å²) in [6.45, 7) is 4.49. The van der Waals surface area contributed by atoms with E-state index in [0.29, 0.717) is 0 Å². The number of unbranched alkanes of at least 4 members (excludes halogenated alkanes) is 4. The molecule has 0 radical (unpaired) electrons. The van der Waals surface area contributed by atoms with Crippen molar-refractivity contribution in [3.63, 3.8) is 0 Å². The van der Waals surface area contributed by atoms with Gasteiger partial charge in [0, 0.05) is 0 Å². The van der Waals surface area contributed by atoms with Crippen LogP contribution in [0.1, 0.15) is 46.0 Å². The summed E-state index contributed by atoms with van der Waals surface area (Å²) in [7, 11) is 1.97. The van der Waals surface area contributed by atoms with Crippen LogP contribution in [0.15, 0.2) is 18.7 Å². The van der Waals surface area contributed by atoms with Crippen LogP contribution in [-0.4, -0.2) is 4.98 Å². The molecule has 0 fully saturated rings. The number of aryl methyl sites for hydroxylation is 1. The largest absolute Gasteiger partial charge is 0.250 e. The number of nitrogens with zero attached hydrogens (tertiary/aromatic N) is 1. The summed E-state index contributed by atoms with van der Waals surface area (Å²) in [5.74, 6) is 0. The minimum absolute atomic E-state index is 1.36. The van der Waals surface area contributed by atoms with Gasteiger partial charge in [0.25, 0.3) is 0 Å². The Morgan fingerprint density at radius 1 is 1.08 bits per heavy atom. The highest BCUT2D eigenvalue weighted by atomic mass is 15.0. The number of aromatic amines is 1. The van der Waals surface area contributed by atoms with Gasteiger partial charge in [-0.05, 0) is 0 Å². The zero-order valence-corrected chi connectivity index (χ0v) is 9.21. The van der Waals surface area contributed by atoms with Crippen molar-refractivity contribution < 1.29 is 4.57 Å². The maximum absolute atomic E-state index is 2.89. The standard InChI is InChI=1S/C7H16.C4H6N2/c1-3-5-7-6-4-2;1-6-3-2-5-4-6/h3-7H2,1-2H3;2-4H,1H3/p+1. The van der Waals surface area contributed by atoms with E-state index in [1.165, 1.54) is 32.1 Å². The molecule has 0 aliphatic carbocycles. The van der Waals surface area contributed by atoms with E-state index in [2.05, 4.69) is 18.8 Å². The molecule has 0 amide bonds. The van der Waals surface area contributed by atoms with Gasteiger partial charge in [0.05, 0.1) is 7.05 Å². The van der Waals surface area contributed by atoms with E-state index in [4.69, 9.17) is 0 Å². The Bertz CT molecular complexity index is 164. The van der Waals surface area contributed by atoms with Crippen molar-refractivity contribution in [1.29, 1.82) is 0 Å². The quantitative estimate of drug-likeness (QED) is 0.547. The molecule has 2 nitrogen and oxygen atoms in total. The highest BCUT2D eigenvalue weighted by molar-refractivity contribution is 4.54. The fraction of sp³-hybridized carbons (Fsp3) is 0.727. The van der Waals surface area contributed by atoms with Crippen LogP contribution < -0.4 is 4.57 Å². The molecule has 0 aliphatic rings. The van der Waals surface area contributed by atoms with Gasteiger partial charge in [-0.1, -0.05) is 46.0 Å². The lowest BCUT2D eigenvalue weighted by Gasteiger charge is -1.90. The molecule has 1 aromatic heterocycles. The molecule has 2 heteroatoms. The molecule has 0 saturated heterocycles. The van der Waals surface area contributed by atoms with E-state index in [0.717, 1.165) is 0 Å². The topological polar surface area (TPSA) is 19.7 Å². The number of hydrogen-bond donors (Lipinski definition) is 1. The first-order valence-corrected chi connectivity index (χ1v) is 5.29. The van der Waals surface area contributed by atoms with Gasteiger partial charge < -0.3 is 0 Å². The summed E-state index contributed by atoms with van der Waals surface area (Å²) in [6.07, 6.45) is 12.7. The van der Waals surface area contributed by atoms with Crippen molar-refractivity contribution >= 4 is 0 Å². The molecule has 0 spiro atoms. The van der Waals surface area contributed by atoms with E-state index in [9.17, 15) is 0 Å². The summed E-state index contributed by atoms with van der Waals surface area (Å²) in [6, 6.07) is 0. The molecule has 0 aromatic carbocycles. The molecule has 13 heavy (non-hydrogen) atoms. The Hall–Kier alpha value is -0.790. The predicted octanol–water partition coefficient (Wildman–Crippen LogP) is 2.82. The van der Waals surface area contributed by atoms with Crippen LogP contribution in [0, 0.1) is 0 Å². The van der Waals surface area contributed by atoms with Gasteiger partial charge in [-0.2, -0.15) is 0 Å². The highest BCUT2D eigenvalue weighted by Crippen LogP contribution is 2.00. The smallest absolute Gasteiger partial charge is 0.241 e. The fourth-order valence-electron chi connectivity index (χ4n) is 1.04. The first-order valence-electron chi connectivity index (χ1n) is 5.29. The zero-order chi connectivity index (χ0) is 9.94. The first-order chi connectivity index (χ1) is 6.31. The lowest BCUT2D eigenvalue weighted by Crippen LogP contribution is -2.22. The maximum Gasteiger partial charge on any atom is 0.241 e. The number of hydrogen-bond acceptors (Lipinski definition) is 0. The second-order valence-electron chi connectivity index (χ2n) is 3.34. The van der Waals surface area contributed by atoms with Crippen LogP contribution in [0.2, 0.25) is 0 Å². The van der Waals surface area contributed by atoms with Crippen molar-refractivity contribution in [1.82, 2.24) is 4.98 Å². The van der Waals surface area contributed by atoms with Gasteiger partial charge in [-0.3, -0.25) is 4.98 Å². The number of aromatic nitrogens is 2. The third-order valence-corrected chi connectivity index (χ3v) is 1.89. The minimum atomic E-state index is 1.36. The second-order valence-corrected chi connectivity index (χ2v) is 3.34. The summed E-state index contributed by atoms with van der Waals surface area (Å²) in [5.41, 5.74) is 0. The second kappa shape index (κ2) is 9.30. The average molecular weight is 183 g/mol. The summed E-state index contributed by atoms with van der Waals surface area (Å²) >= 11 is 0. The molecule has 1 heterocycles. The van der Waals surface area contributed by atoms with Crippen molar-refractivity contribution in [2.24, 2.45) is 7.05 Å². The molecule has 0 bridgehead atoms. The Balaban J connectivity index is 0.000000223. The Morgan fingerprint density at radius 3 is 1.92 bits per heavy atom. The van der Waals surface area contributed by atoms with E-state index in [1.54, 1.807) is 0 Å². The Kier molecular flexibility index (Phi) is 8.73. The van der Waals surface area contributed by atoms with Crippen molar-refractivity contribution in [3.8, 4) is 0 Å². The van der Waals surface area contributed by atoms with Crippen molar-refractivity contribution in [3.05, 3.63) is 18.7 Å². The fourth-order valence-corrected chi connectivity index (χ4v) is 1.04. The SMILES string of the molecule is CCCCCCC.C[n+]1cc[nH]c1. The van der Waals surface area contributed by atoms with Gasteiger partial charge in [-0.15, -0.1) is 0 Å². The molecule has 1 aromatic rings. The van der Waals surface area contributed by atoms with Crippen LogP contribution in [0.3, 0.4) is 0 Å². The third-order valence-electron chi connectivity index (χ3n) is 1.89. The van der Waals surface area contributed by atoms with Crippen LogP contribution in [-0.2, 0) is 7.05 Å². The van der Waals surface area contributed by atoms with Gasteiger partial charge in [0.2, 0.25) is 6.33 Å². The molecule has 0 saturated carbocycles. The summed E-state index contributed by atoms with van der Waals surface area (Å²) < 4.78 is 1.94. The van der Waals surface area contributed by atoms with Gasteiger partial charge in [-0.25, -0.2) is 4.57 Å². The number of H-pyrrole nitrogens is 1. The third kappa shape index (κ3) is 9.12. The van der Waals surface area contributed by atoms with E-state index >= 15 is 0 Å². The molecular weight excluding hydrogens is 160 g/mol. The normalized spacial score (nSPS) is 9.15. The summed E-state index contributed by atoms with van der Waals surface area (Å²) in [5, 5.41) is 0. The van der Waals surface area contributed by atoms with Crippen LogP contribution >= 0.6 is 0 Å². The molecule has 0 unspecified atom stereocenters. The lowest BCUT2D eigenvalue weighted by atomic mass is 10.2. The van der Waals surface area contributed by atoms with E-state index < -0.39 is 0 Å². The van der Waals surface area contributed by atoms with Crippen LogP contribution in [0.25, 0.3) is 0 Å². The maximum atomic E-state index is 2.89. The van der Waals surface area contributed by atoms with E-state index in [1.807, 2.05) is 30.3 Å². The minimum Gasteiger partial charge on any atom is -0.250 e. The highest BCUT2D eigenvalue weighted by Gasteiger charge is 1.80. The summed E-state index contributed by atoms with van der Waals surface area (Å²) in [4.78, 5) is 2.89. The van der Waals surface area contributed by atoms with E-state index in [-0.39, 0.29) is 0 Å². The average Bonchev–Trinajstić information content (AvgIpc) is 2.58. The Labute approximate surface area is 82.0 Å². The molecule has 0 aliphatic heterocycles. The molecule has 0 atom stereocenters.